The SMILES string of the molecule is C[NH+]1CCOCC1.O=S(=O)([O-])C1=CCCCC1. The summed E-state index contributed by atoms with van der Waals surface area (Å²) in [5.41, 5.74) is 0. The van der Waals surface area contributed by atoms with Gasteiger partial charge >= 0.3 is 0 Å². The van der Waals surface area contributed by atoms with Gasteiger partial charge in [-0.3, -0.25) is 0 Å². The summed E-state index contributed by atoms with van der Waals surface area (Å²) in [7, 11) is -1.92. The molecule has 0 unspecified atom stereocenters. The van der Waals surface area contributed by atoms with Gasteiger partial charge in [0.05, 0.1) is 20.3 Å². The highest BCUT2D eigenvalue weighted by Gasteiger charge is 2.08. The van der Waals surface area contributed by atoms with Gasteiger partial charge in [-0.25, -0.2) is 8.42 Å². The van der Waals surface area contributed by atoms with E-state index >= 15 is 0 Å². The van der Waals surface area contributed by atoms with Crippen LogP contribution >= 0.6 is 0 Å². The van der Waals surface area contributed by atoms with E-state index in [9.17, 15) is 13.0 Å². The third kappa shape index (κ3) is 6.16. The summed E-state index contributed by atoms with van der Waals surface area (Å²) in [6.07, 6.45) is 4.53. The van der Waals surface area contributed by atoms with Crippen LogP contribution in [0.4, 0.5) is 0 Å². The second-order valence-electron chi connectivity index (χ2n) is 4.44. The number of hydrogen-bond donors (Lipinski definition) is 1. The lowest BCUT2D eigenvalue weighted by molar-refractivity contribution is -0.888. The van der Waals surface area contributed by atoms with Crippen molar-refractivity contribution in [3.63, 3.8) is 0 Å². The molecule has 0 aromatic heterocycles. The highest BCUT2D eigenvalue weighted by molar-refractivity contribution is 7.89. The molecule has 1 fully saturated rings. The molecule has 0 atom stereocenters. The molecule has 1 aliphatic carbocycles. The van der Waals surface area contributed by atoms with Crippen molar-refractivity contribution < 1.29 is 22.6 Å². The molecular formula is C11H21NO4S. The van der Waals surface area contributed by atoms with Crippen molar-refractivity contribution in [1.82, 2.24) is 0 Å². The molecule has 1 saturated heterocycles. The number of ether oxygens (including phenoxy) is 1. The largest absolute Gasteiger partial charge is 0.744 e. The summed E-state index contributed by atoms with van der Waals surface area (Å²) in [5, 5.41) is 0. The first-order valence-corrected chi connectivity index (χ1v) is 7.45. The fourth-order valence-electron chi connectivity index (χ4n) is 1.76. The third-order valence-corrected chi connectivity index (χ3v) is 3.93. The van der Waals surface area contributed by atoms with Crippen molar-refractivity contribution in [2.24, 2.45) is 0 Å². The van der Waals surface area contributed by atoms with Crippen molar-refractivity contribution in [2.75, 3.05) is 33.4 Å². The minimum atomic E-state index is -4.11. The molecule has 0 radical (unpaired) electrons. The van der Waals surface area contributed by atoms with Gasteiger partial charge in [0, 0.05) is 4.91 Å². The molecule has 5 nitrogen and oxygen atoms in total. The highest BCUT2D eigenvalue weighted by atomic mass is 32.2. The molecule has 0 aromatic rings. The predicted molar refractivity (Wildman–Crippen MR) is 63.7 cm³/mol. The van der Waals surface area contributed by atoms with E-state index in [0.29, 0.717) is 6.42 Å². The van der Waals surface area contributed by atoms with E-state index in [4.69, 9.17) is 4.74 Å². The maximum Gasteiger partial charge on any atom is 0.120 e. The van der Waals surface area contributed by atoms with Crippen LogP contribution in [0.25, 0.3) is 0 Å². The zero-order chi connectivity index (χ0) is 12.7. The van der Waals surface area contributed by atoms with Crippen LogP contribution in [0.3, 0.4) is 0 Å². The number of nitrogens with one attached hydrogen (secondary N) is 1. The van der Waals surface area contributed by atoms with E-state index in [0.717, 1.165) is 32.5 Å². The van der Waals surface area contributed by atoms with Gasteiger partial charge in [0.25, 0.3) is 0 Å². The molecule has 6 heteroatoms. The quantitative estimate of drug-likeness (QED) is 0.649. The molecule has 0 bridgehead atoms. The monoisotopic (exact) mass is 263 g/mol. The molecule has 100 valence electrons. The minimum absolute atomic E-state index is 0.0822. The van der Waals surface area contributed by atoms with Gasteiger partial charge in [0.1, 0.15) is 23.2 Å². The molecule has 1 aliphatic heterocycles. The first-order chi connectivity index (χ1) is 8.00. The maximum absolute atomic E-state index is 10.4. The Morgan fingerprint density at radius 1 is 1.29 bits per heavy atom. The van der Waals surface area contributed by atoms with Gasteiger partial charge in [0.15, 0.2) is 0 Å². The Morgan fingerprint density at radius 2 is 1.94 bits per heavy atom. The molecule has 17 heavy (non-hydrogen) atoms. The maximum atomic E-state index is 10.4. The summed E-state index contributed by atoms with van der Waals surface area (Å²) >= 11 is 0. The molecule has 1 N–H and O–H groups in total. The summed E-state index contributed by atoms with van der Waals surface area (Å²) in [6, 6.07) is 0. The Hall–Kier alpha value is -0.430. The molecule has 2 aliphatic rings. The van der Waals surface area contributed by atoms with E-state index in [2.05, 4.69) is 7.05 Å². The van der Waals surface area contributed by atoms with Crippen LogP contribution in [0.15, 0.2) is 11.0 Å². The smallest absolute Gasteiger partial charge is 0.120 e. The van der Waals surface area contributed by atoms with Crippen LogP contribution in [-0.2, 0) is 14.9 Å². The summed E-state index contributed by atoms with van der Waals surface area (Å²) < 4.78 is 36.2. The molecular weight excluding hydrogens is 242 g/mol. The van der Waals surface area contributed by atoms with Crippen LogP contribution in [-0.4, -0.2) is 46.3 Å². The van der Waals surface area contributed by atoms with Crippen molar-refractivity contribution in [1.29, 1.82) is 0 Å². The predicted octanol–water partition coefficient (Wildman–Crippen LogP) is -0.479. The Morgan fingerprint density at radius 3 is 2.24 bits per heavy atom. The Kier molecular flexibility index (Phi) is 6.11. The molecule has 0 aromatic carbocycles. The second kappa shape index (κ2) is 7.10. The van der Waals surface area contributed by atoms with Gasteiger partial charge in [-0.05, 0) is 25.7 Å². The van der Waals surface area contributed by atoms with Gasteiger partial charge in [0.2, 0.25) is 0 Å². The topological polar surface area (TPSA) is 70.9 Å². The van der Waals surface area contributed by atoms with E-state index < -0.39 is 10.1 Å². The summed E-state index contributed by atoms with van der Waals surface area (Å²) in [6.45, 7) is 4.26. The van der Waals surface area contributed by atoms with Crippen molar-refractivity contribution >= 4 is 10.1 Å². The van der Waals surface area contributed by atoms with Crippen molar-refractivity contribution in [3.05, 3.63) is 11.0 Å². The zero-order valence-electron chi connectivity index (χ0n) is 10.3. The van der Waals surface area contributed by atoms with Crippen LogP contribution in [0, 0.1) is 0 Å². The van der Waals surface area contributed by atoms with Crippen LogP contribution in [0.1, 0.15) is 25.7 Å². The van der Waals surface area contributed by atoms with Crippen LogP contribution < -0.4 is 4.90 Å². The van der Waals surface area contributed by atoms with Gasteiger partial charge in [-0.15, -0.1) is 0 Å². The lowest BCUT2D eigenvalue weighted by Gasteiger charge is -2.18. The number of rotatable bonds is 1. The standard InChI is InChI=1S/C6H10O3S.C5H11NO/c7-10(8,9)6-4-2-1-3-5-6;1-6-2-4-7-5-3-6/h4H,1-3,5H2,(H,7,8,9);2-5H2,1H3. The van der Waals surface area contributed by atoms with Crippen LogP contribution in [0.5, 0.6) is 0 Å². The van der Waals surface area contributed by atoms with E-state index in [1.165, 1.54) is 19.2 Å². The average molecular weight is 263 g/mol. The zero-order valence-corrected chi connectivity index (χ0v) is 11.1. The van der Waals surface area contributed by atoms with Gasteiger partial charge in [-0.1, -0.05) is 6.08 Å². The van der Waals surface area contributed by atoms with Crippen molar-refractivity contribution in [2.45, 2.75) is 25.7 Å². The molecule has 0 saturated carbocycles. The second-order valence-corrected chi connectivity index (χ2v) is 5.87. The van der Waals surface area contributed by atoms with E-state index in [1.54, 1.807) is 4.90 Å². The number of allylic oxidation sites excluding steroid dienone is 2. The minimum Gasteiger partial charge on any atom is -0.744 e. The molecule has 0 amide bonds. The summed E-state index contributed by atoms with van der Waals surface area (Å²) in [4.78, 5) is 1.67. The normalized spacial score (nSPS) is 22.4. The fraction of sp³-hybridized carbons (Fsp3) is 0.818. The van der Waals surface area contributed by atoms with Crippen LogP contribution in [0.2, 0.25) is 0 Å². The fourth-order valence-corrected chi connectivity index (χ4v) is 2.47. The highest BCUT2D eigenvalue weighted by Crippen LogP contribution is 2.20. The molecule has 2 rings (SSSR count). The number of likely N-dealkylation sites (N-methyl/N-ethyl adjacent to an activating group) is 1. The lowest BCUT2D eigenvalue weighted by Crippen LogP contribution is -3.11. The van der Waals surface area contributed by atoms with Crippen molar-refractivity contribution in [3.8, 4) is 0 Å². The molecule has 1 heterocycles. The average Bonchev–Trinajstić information content (AvgIpc) is 2.31. The van der Waals surface area contributed by atoms with E-state index in [-0.39, 0.29) is 4.91 Å². The number of hydrogen-bond acceptors (Lipinski definition) is 4. The lowest BCUT2D eigenvalue weighted by atomic mass is 10.1. The first kappa shape index (κ1) is 14.6. The summed E-state index contributed by atoms with van der Waals surface area (Å²) in [5.74, 6) is 0. The Bertz CT molecular complexity index is 344. The van der Waals surface area contributed by atoms with Gasteiger partial charge < -0.3 is 14.2 Å². The first-order valence-electron chi connectivity index (χ1n) is 6.04. The van der Waals surface area contributed by atoms with Gasteiger partial charge in [-0.2, -0.15) is 0 Å². The third-order valence-electron chi connectivity index (χ3n) is 2.92. The number of morpholine rings is 1. The number of quaternary nitrogens is 1. The van der Waals surface area contributed by atoms with E-state index in [1.807, 2.05) is 0 Å². The molecule has 0 spiro atoms. The Balaban J connectivity index is 0.000000181. The Labute approximate surface area is 103 Å².